The van der Waals surface area contributed by atoms with Crippen molar-refractivity contribution in [2.75, 3.05) is 0 Å². The minimum Gasteiger partial charge on any atom is -0.507 e. The van der Waals surface area contributed by atoms with E-state index in [1.165, 1.54) is 4.90 Å². The van der Waals surface area contributed by atoms with Crippen molar-refractivity contribution in [1.82, 2.24) is 9.88 Å². The van der Waals surface area contributed by atoms with Crippen LogP contribution in [0.15, 0.2) is 83.1 Å². The summed E-state index contributed by atoms with van der Waals surface area (Å²) in [5.41, 5.74) is 3.32. The molecule has 1 aliphatic heterocycles. The summed E-state index contributed by atoms with van der Waals surface area (Å²) >= 11 is 3.38. The van der Waals surface area contributed by atoms with Gasteiger partial charge in [-0.05, 0) is 40.8 Å². The van der Waals surface area contributed by atoms with E-state index in [1.807, 2.05) is 30.3 Å². The summed E-state index contributed by atoms with van der Waals surface area (Å²) in [6.45, 7) is 4.43. The van der Waals surface area contributed by atoms with Crippen LogP contribution in [0.4, 0.5) is 0 Å². The number of ketones is 1. The molecule has 1 atom stereocenters. The summed E-state index contributed by atoms with van der Waals surface area (Å²) in [5.74, 6) is -1.14. The Balaban J connectivity index is 1.84. The van der Waals surface area contributed by atoms with Gasteiger partial charge in [0.25, 0.3) is 11.7 Å². The average molecular weight is 491 g/mol. The minimum atomic E-state index is -0.694. The zero-order valence-electron chi connectivity index (χ0n) is 17.8. The maximum absolute atomic E-state index is 13.1. The van der Waals surface area contributed by atoms with Gasteiger partial charge in [-0.25, -0.2) is 0 Å². The topological polar surface area (TPSA) is 70.5 Å². The monoisotopic (exact) mass is 490 g/mol. The predicted molar refractivity (Wildman–Crippen MR) is 127 cm³/mol. The highest BCUT2D eigenvalue weighted by molar-refractivity contribution is 9.10. The van der Waals surface area contributed by atoms with Crippen molar-refractivity contribution in [3.8, 4) is 0 Å². The van der Waals surface area contributed by atoms with E-state index >= 15 is 0 Å². The molecule has 1 N–H and O–H groups in total. The fourth-order valence-corrected chi connectivity index (χ4v) is 4.17. The highest BCUT2D eigenvalue weighted by atomic mass is 79.9. The second kappa shape index (κ2) is 9.09. The third-order valence-corrected chi connectivity index (χ3v) is 6.18. The Morgan fingerprint density at radius 1 is 1.06 bits per heavy atom. The highest BCUT2D eigenvalue weighted by Gasteiger charge is 2.46. The van der Waals surface area contributed by atoms with E-state index in [0.29, 0.717) is 11.5 Å². The number of aromatic nitrogens is 1. The summed E-state index contributed by atoms with van der Waals surface area (Å²) in [5, 5.41) is 11.1. The number of aliphatic hydroxyl groups is 1. The molecule has 0 spiro atoms. The van der Waals surface area contributed by atoms with Crippen molar-refractivity contribution in [3.63, 3.8) is 0 Å². The first-order chi connectivity index (χ1) is 15.4. The molecule has 0 aliphatic carbocycles. The Morgan fingerprint density at radius 3 is 2.34 bits per heavy atom. The van der Waals surface area contributed by atoms with Gasteiger partial charge in [0.2, 0.25) is 0 Å². The molecule has 0 saturated carbocycles. The van der Waals surface area contributed by atoms with E-state index < -0.39 is 17.7 Å². The molecule has 6 heteroatoms. The molecule has 1 amide bonds. The molecule has 32 heavy (non-hydrogen) atoms. The maximum Gasteiger partial charge on any atom is 0.295 e. The van der Waals surface area contributed by atoms with E-state index in [-0.39, 0.29) is 17.9 Å². The first-order valence-corrected chi connectivity index (χ1v) is 11.2. The highest BCUT2D eigenvalue weighted by Crippen LogP contribution is 2.40. The molecular formula is C26H23BrN2O3. The summed E-state index contributed by atoms with van der Waals surface area (Å²) in [6, 6.07) is 17.8. The number of nitrogens with zero attached hydrogens (tertiary/aromatic N) is 2. The Labute approximate surface area is 195 Å². The van der Waals surface area contributed by atoms with E-state index in [0.717, 1.165) is 21.2 Å². The standard InChI is InChI=1S/C26H23BrN2O3/c1-16(2)18-5-7-19(8-6-18)23-22(24(30)20-9-11-21(27)12-10-20)25(31)26(32)29(23)15-17-4-3-13-28-14-17/h3-14,16,23,30H,15H2,1-2H3/b24-22-. The first kappa shape index (κ1) is 22.0. The molecule has 1 saturated heterocycles. The lowest BCUT2D eigenvalue weighted by Gasteiger charge is -2.25. The minimum absolute atomic E-state index is 0.0958. The molecule has 4 rings (SSSR count). The molecule has 1 fully saturated rings. The van der Waals surface area contributed by atoms with E-state index in [9.17, 15) is 14.7 Å². The lowest BCUT2D eigenvalue weighted by molar-refractivity contribution is -0.140. The number of pyridine rings is 1. The van der Waals surface area contributed by atoms with Crippen LogP contribution in [0.5, 0.6) is 0 Å². The number of amides is 1. The molecule has 5 nitrogen and oxygen atoms in total. The van der Waals surface area contributed by atoms with Crippen LogP contribution in [-0.2, 0) is 16.1 Å². The number of rotatable bonds is 5. The summed E-state index contributed by atoms with van der Waals surface area (Å²) in [7, 11) is 0. The van der Waals surface area contributed by atoms with Gasteiger partial charge in [-0.1, -0.05) is 72.2 Å². The number of benzene rings is 2. The maximum atomic E-state index is 13.1. The zero-order valence-corrected chi connectivity index (χ0v) is 19.4. The van der Waals surface area contributed by atoms with Gasteiger partial charge in [0.15, 0.2) is 0 Å². The zero-order chi connectivity index (χ0) is 22.8. The number of likely N-dealkylation sites (tertiary alicyclic amines) is 1. The second-order valence-electron chi connectivity index (χ2n) is 8.12. The van der Waals surface area contributed by atoms with Crippen LogP contribution in [0.1, 0.15) is 48.1 Å². The number of hydrogen-bond donors (Lipinski definition) is 1. The summed E-state index contributed by atoms with van der Waals surface area (Å²) < 4.78 is 0.854. The molecule has 0 bridgehead atoms. The van der Waals surface area contributed by atoms with Gasteiger partial charge < -0.3 is 10.0 Å². The van der Waals surface area contributed by atoms with Crippen molar-refractivity contribution in [2.45, 2.75) is 32.4 Å². The van der Waals surface area contributed by atoms with E-state index in [4.69, 9.17) is 0 Å². The molecule has 3 aromatic rings. The summed E-state index contributed by atoms with van der Waals surface area (Å²) in [6.07, 6.45) is 3.33. The number of aliphatic hydroxyl groups excluding tert-OH is 1. The van der Waals surface area contributed by atoms with Gasteiger partial charge in [-0.3, -0.25) is 14.6 Å². The predicted octanol–water partition coefficient (Wildman–Crippen LogP) is 5.59. The van der Waals surface area contributed by atoms with E-state index in [1.54, 1.807) is 42.7 Å². The number of Topliss-reactive ketones (excluding diaryl/α,β-unsaturated/α-hetero) is 1. The van der Waals surface area contributed by atoms with Crippen molar-refractivity contribution < 1.29 is 14.7 Å². The van der Waals surface area contributed by atoms with Crippen molar-refractivity contribution in [2.24, 2.45) is 0 Å². The van der Waals surface area contributed by atoms with Gasteiger partial charge in [-0.2, -0.15) is 0 Å². The lowest BCUT2D eigenvalue weighted by Crippen LogP contribution is -2.29. The van der Waals surface area contributed by atoms with Crippen LogP contribution in [0.3, 0.4) is 0 Å². The largest absolute Gasteiger partial charge is 0.507 e. The average Bonchev–Trinajstić information content (AvgIpc) is 3.05. The van der Waals surface area contributed by atoms with Gasteiger partial charge >= 0.3 is 0 Å². The van der Waals surface area contributed by atoms with E-state index in [2.05, 4.69) is 34.8 Å². The van der Waals surface area contributed by atoms with Gasteiger partial charge in [0.1, 0.15) is 5.76 Å². The Hall–Kier alpha value is -3.25. The van der Waals surface area contributed by atoms with Crippen molar-refractivity contribution in [1.29, 1.82) is 0 Å². The van der Waals surface area contributed by atoms with Crippen LogP contribution >= 0.6 is 15.9 Å². The Morgan fingerprint density at radius 2 is 1.75 bits per heavy atom. The molecule has 162 valence electrons. The van der Waals surface area contributed by atoms with Crippen LogP contribution in [0, 0.1) is 0 Å². The lowest BCUT2D eigenvalue weighted by atomic mass is 9.93. The van der Waals surface area contributed by atoms with Gasteiger partial charge in [0, 0.05) is 29.0 Å². The molecule has 2 heterocycles. The first-order valence-electron chi connectivity index (χ1n) is 10.4. The number of carbonyl (C=O) groups excluding carboxylic acids is 2. The number of hydrogen-bond acceptors (Lipinski definition) is 4. The quantitative estimate of drug-likeness (QED) is 0.287. The van der Waals surface area contributed by atoms with Crippen LogP contribution in [0.25, 0.3) is 5.76 Å². The van der Waals surface area contributed by atoms with Crippen LogP contribution in [-0.4, -0.2) is 26.7 Å². The molecule has 0 radical (unpaired) electrons. The fraction of sp³-hybridized carbons (Fsp3) is 0.192. The van der Waals surface area contributed by atoms with Gasteiger partial charge in [0.05, 0.1) is 11.6 Å². The Kier molecular flexibility index (Phi) is 6.24. The normalized spacial score (nSPS) is 17.9. The summed E-state index contributed by atoms with van der Waals surface area (Å²) in [4.78, 5) is 31.8. The molecule has 1 aliphatic rings. The third-order valence-electron chi connectivity index (χ3n) is 5.65. The van der Waals surface area contributed by atoms with Crippen LogP contribution in [0.2, 0.25) is 0 Å². The molecule has 1 aromatic heterocycles. The number of halogens is 1. The molecule has 2 aromatic carbocycles. The Bertz CT molecular complexity index is 1170. The van der Waals surface area contributed by atoms with Crippen LogP contribution < -0.4 is 0 Å². The van der Waals surface area contributed by atoms with Crippen molar-refractivity contribution in [3.05, 3.63) is 105 Å². The number of carbonyl (C=O) groups is 2. The third kappa shape index (κ3) is 4.23. The molecular weight excluding hydrogens is 468 g/mol. The second-order valence-corrected chi connectivity index (χ2v) is 9.03. The SMILES string of the molecule is CC(C)c1ccc(C2/C(=C(/O)c3ccc(Br)cc3)C(=O)C(=O)N2Cc2cccnc2)cc1. The molecule has 1 unspecified atom stereocenters. The van der Waals surface area contributed by atoms with Gasteiger partial charge in [-0.15, -0.1) is 0 Å². The van der Waals surface area contributed by atoms with Crippen molar-refractivity contribution >= 4 is 33.4 Å². The fourth-order valence-electron chi connectivity index (χ4n) is 3.90. The smallest absolute Gasteiger partial charge is 0.295 e.